The van der Waals surface area contributed by atoms with Crippen molar-refractivity contribution in [2.75, 3.05) is 11.9 Å². The summed E-state index contributed by atoms with van der Waals surface area (Å²) in [5, 5.41) is 16.0. The average molecular weight is 298 g/mol. The van der Waals surface area contributed by atoms with Crippen molar-refractivity contribution in [3.8, 4) is 0 Å². The summed E-state index contributed by atoms with van der Waals surface area (Å²) in [7, 11) is 0. The van der Waals surface area contributed by atoms with Crippen LogP contribution in [-0.4, -0.2) is 17.7 Å². The lowest BCUT2D eigenvalue weighted by atomic mass is 9.96. The summed E-state index contributed by atoms with van der Waals surface area (Å²) in [6.07, 6.45) is 0. The Morgan fingerprint density at radius 2 is 1.64 bits per heavy atom. The Morgan fingerprint density at radius 1 is 1.05 bits per heavy atom. The predicted octanol–water partition coefficient (Wildman–Crippen LogP) is 3.33. The summed E-state index contributed by atoms with van der Waals surface area (Å²) in [6.45, 7) is 5.71. The van der Waals surface area contributed by atoms with Crippen molar-refractivity contribution in [1.29, 1.82) is 0 Å². The fourth-order valence-electron chi connectivity index (χ4n) is 2.32. The number of aryl methyl sites for hydroxylation is 2. The molecule has 0 spiro atoms. The fraction of sp³-hybridized carbons (Fsp3) is 0.278. The number of nitrogens with one attached hydrogen (secondary N) is 2. The number of hydrogen-bond donors (Lipinski definition) is 3. The van der Waals surface area contributed by atoms with Gasteiger partial charge in [-0.1, -0.05) is 48.5 Å². The zero-order chi connectivity index (χ0) is 16.2. The zero-order valence-electron chi connectivity index (χ0n) is 13.2. The van der Waals surface area contributed by atoms with Gasteiger partial charge in [-0.3, -0.25) is 0 Å². The number of carbonyl (C=O) groups is 1. The first-order valence-electron chi connectivity index (χ1n) is 7.29. The van der Waals surface area contributed by atoms with Gasteiger partial charge < -0.3 is 15.7 Å². The van der Waals surface area contributed by atoms with E-state index in [0.717, 1.165) is 22.4 Å². The van der Waals surface area contributed by atoms with Gasteiger partial charge in [-0.15, -0.1) is 0 Å². The predicted molar refractivity (Wildman–Crippen MR) is 89.0 cm³/mol. The molecule has 0 saturated heterocycles. The van der Waals surface area contributed by atoms with E-state index in [1.165, 1.54) is 0 Å². The molecular formula is C18H22N2O2. The number of benzene rings is 2. The van der Waals surface area contributed by atoms with Gasteiger partial charge in [-0.25, -0.2) is 4.79 Å². The monoisotopic (exact) mass is 298 g/mol. The third kappa shape index (κ3) is 3.86. The van der Waals surface area contributed by atoms with E-state index >= 15 is 0 Å². The van der Waals surface area contributed by atoms with E-state index in [4.69, 9.17) is 0 Å². The normalized spacial score (nSPS) is 13.3. The first kappa shape index (κ1) is 16.0. The lowest BCUT2D eigenvalue weighted by molar-refractivity contribution is 0.0599. The Labute approximate surface area is 131 Å². The Morgan fingerprint density at radius 3 is 2.23 bits per heavy atom. The van der Waals surface area contributed by atoms with Gasteiger partial charge in [0.1, 0.15) is 5.60 Å². The second kappa shape index (κ2) is 6.62. The smallest absolute Gasteiger partial charge is 0.319 e. The van der Waals surface area contributed by atoms with Crippen LogP contribution in [0, 0.1) is 13.8 Å². The van der Waals surface area contributed by atoms with E-state index in [1.54, 1.807) is 6.92 Å². The molecule has 0 aromatic heterocycles. The number of urea groups is 1. The zero-order valence-corrected chi connectivity index (χ0v) is 13.2. The van der Waals surface area contributed by atoms with Gasteiger partial charge in [0.2, 0.25) is 0 Å². The standard InChI is InChI=1S/C18H22N2O2/c1-13-8-7-9-14(2)16(13)20-17(21)19-12-18(3,22)15-10-5-4-6-11-15/h4-11,22H,12H2,1-3H3,(H2,19,20,21). The summed E-state index contributed by atoms with van der Waals surface area (Å²) in [4.78, 5) is 12.1. The van der Waals surface area contributed by atoms with Crippen LogP contribution in [0.3, 0.4) is 0 Å². The van der Waals surface area contributed by atoms with Gasteiger partial charge >= 0.3 is 6.03 Å². The minimum Gasteiger partial charge on any atom is -0.384 e. The van der Waals surface area contributed by atoms with Crippen molar-refractivity contribution >= 4 is 11.7 Å². The van der Waals surface area contributed by atoms with Gasteiger partial charge in [0, 0.05) is 5.69 Å². The molecule has 1 atom stereocenters. The quantitative estimate of drug-likeness (QED) is 0.810. The molecule has 0 aliphatic carbocycles. The van der Waals surface area contributed by atoms with Gasteiger partial charge in [0.05, 0.1) is 6.54 Å². The van der Waals surface area contributed by atoms with Crippen LogP contribution in [0.1, 0.15) is 23.6 Å². The maximum absolute atomic E-state index is 12.1. The Balaban J connectivity index is 1.99. The number of carbonyl (C=O) groups excluding carboxylic acids is 1. The van der Waals surface area contributed by atoms with Gasteiger partial charge in [-0.05, 0) is 37.5 Å². The number of hydrogen-bond acceptors (Lipinski definition) is 2. The highest BCUT2D eigenvalue weighted by Crippen LogP contribution is 2.20. The third-order valence-corrected chi connectivity index (χ3v) is 3.71. The van der Waals surface area contributed by atoms with E-state index in [9.17, 15) is 9.90 Å². The maximum atomic E-state index is 12.1. The number of anilines is 1. The molecule has 2 aromatic carbocycles. The summed E-state index contributed by atoms with van der Waals surface area (Å²) >= 11 is 0. The van der Waals surface area contributed by atoms with Crippen molar-refractivity contribution in [1.82, 2.24) is 5.32 Å². The van der Waals surface area contributed by atoms with E-state index in [1.807, 2.05) is 62.4 Å². The van der Waals surface area contributed by atoms with Gasteiger partial charge in [0.15, 0.2) is 0 Å². The molecule has 0 heterocycles. The highest BCUT2D eigenvalue weighted by Gasteiger charge is 2.23. The summed E-state index contributed by atoms with van der Waals surface area (Å²) in [6, 6.07) is 14.8. The second-order valence-electron chi connectivity index (χ2n) is 5.71. The van der Waals surface area contributed by atoms with Crippen molar-refractivity contribution in [3.63, 3.8) is 0 Å². The molecule has 4 nitrogen and oxygen atoms in total. The van der Waals surface area contributed by atoms with Crippen LogP contribution >= 0.6 is 0 Å². The van der Waals surface area contributed by atoms with Crippen LogP contribution in [0.5, 0.6) is 0 Å². The van der Waals surface area contributed by atoms with Crippen LogP contribution in [0.15, 0.2) is 48.5 Å². The van der Waals surface area contributed by atoms with Gasteiger partial charge in [-0.2, -0.15) is 0 Å². The topological polar surface area (TPSA) is 61.4 Å². The molecule has 116 valence electrons. The molecular weight excluding hydrogens is 276 g/mol. The van der Waals surface area contributed by atoms with Crippen LogP contribution in [0.25, 0.3) is 0 Å². The van der Waals surface area contributed by atoms with Crippen LogP contribution in [0.2, 0.25) is 0 Å². The SMILES string of the molecule is Cc1cccc(C)c1NC(=O)NCC(C)(O)c1ccccc1. The maximum Gasteiger partial charge on any atom is 0.319 e. The molecule has 1 unspecified atom stereocenters. The molecule has 0 bridgehead atoms. The van der Waals surface area contributed by atoms with Crippen LogP contribution in [-0.2, 0) is 5.60 Å². The van der Waals surface area contributed by atoms with Crippen molar-refractivity contribution in [2.24, 2.45) is 0 Å². The molecule has 0 aliphatic rings. The minimum atomic E-state index is -1.11. The Kier molecular flexibility index (Phi) is 4.83. The van der Waals surface area contributed by atoms with Crippen LogP contribution < -0.4 is 10.6 Å². The summed E-state index contributed by atoms with van der Waals surface area (Å²) in [5.74, 6) is 0. The lowest BCUT2D eigenvalue weighted by Gasteiger charge is -2.24. The van der Waals surface area contributed by atoms with E-state index in [2.05, 4.69) is 10.6 Å². The molecule has 2 aromatic rings. The molecule has 2 rings (SSSR count). The molecule has 22 heavy (non-hydrogen) atoms. The Hall–Kier alpha value is -2.33. The fourth-order valence-corrected chi connectivity index (χ4v) is 2.32. The second-order valence-corrected chi connectivity index (χ2v) is 5.71. The van der Waals surface area contributed by atoms with E-state index < -0.39 is 5.60 Å². The van der Waals surface area contributed by atoms with Crippen molar-refractivity contribution in [3.05, 3.63) is 65.2 Å². The highest BCUT2D eigenvalue weighted by molar-refractivity contribution is 5.91. The van der Waals surface area contributed by atoms with Crippen LogP contribution in [0.4, 0.5) is 10.5 Å². The average Bonchev–Trinajstić information content (AvgIpc) is 2.50. The molecule has 0 saturated carbocycles. The number of aliphatic hydroxyl groups is 1. The third-order valence-electron chi connectivity index (χ3n) is 3.71. The summed E-state index contributed by atoms with van der Waals surface area (Å²) in [5.41, 5.74) is 2.47. The van der Waals surface area contributed by atoms with E-state index in [0.29, 0.717) is 0 Å². The number of amides is 2. The largest absolute Gasteiger partial charge is 0.384 e. The summed E-state index contributed by atoms with van der Waals surface area (Å²) < 4.78 is 0. The van der Waals surface area contributed by atoms with Gasteiger partial charge in [0.25, 0.3) is 0 Å². The van der Waals surface area contributed by atoms with Crippen molar-refractivity contribution in [2.45, 2.75) is 26.4 Å². The first-order chi connectivity index (χ1) is 10.4. The Bertz CT molecular complexity index is 631. The molecule has 0 fully saturated rings. The molecule has 4 heteroatoms. The van der Waals surface area contributed by atoms with Crippen molar-refractivity contribution < 1.29 is 9.90 Å². The highest BCUT2D eigenvalue weighted by atomic mass is 16.3. The lowest BCUT2D eigenvalue weighted by Crippen LogP contribution is -2.40. The molecule has 0 aliphatic heterocycles. The first-order valence-corrected chi connectivity index (χ1v) is 7.29. The molecule has 0 radical (unpaired) electrons. The van der Waals surface area contributed by atoms with E-state index in [-0.39, 0.29) is 12.6 Å². The molecule has 2 amide bonds. The molecule has 3 N–H and O–H groups in total. The number of rotatable bonds is 4. The minimum absolute atomic E-state index is 0.133. The number of para-hydroxylation sites is 1.